The standard InChI is InChI=1S/C11H13N/c1-2-9-7-12-8-11(9)10-5-3-4-6-10/h3-8,10,12H,2H2,1H3. The Balaban J connectivity index is 2.32. The molecule has 0 spiro atoms. The molecule has 12 heavy (non-hydrogen) atoms. The maximum absolute atomic E-state index is 3.16. The monoisotopic (exact) mass is 159 g/mol. The van der Waals surface area contributed by atoms with Gasteiger partial charge in [-0.3, -0.25) is 0 Å². The third-order valence-electron chi connectivity index (χ3n) is 2.36. The number of rotatable bonds is 2. The van der Waals surface area contributed by atoms with Gasteiger partial charge in [-0.25, -0.2) is 0 Å². The SMILES string of the molecule is CCc1c[nH]cc1C1C=CC=C1. The zero-order valence-corrected chi connectivity index (χ0v) is 7.25. The number of aromatic amines is 1. The summed E-state index contributed by atoms with van der Waals surface area (Å²) in [5, 5.41) is 0. The van der Waals surface area contributed by atoms with E-state index in [2.05, 4.69) is 48.6 Å². The quantitative estimate of drug-likeness (QED) is 0.683. The van der Waals surface area contributed by atoms with Gasteiger partial charge in [-0.2, -0.15) is 0 Å². The van der Waals surface area contributed by atoms with Crippen LogP contribution < -0.4 is 0 Å². The summed E-state index contributed by atoms with van der Waals surface area (Å²) in [4.78, 5) is 3.16. The van der Waals surface area contributed by atoms with Crippen LogP contribution in [-0.2, 0) is 6.42 Å². The molecular formula is C11H13N. The lowest BCUT2D eigenvalue weighted by Gasteiger charge is -2.04. The molecule has 1 aromatic rings. The molecule has 0 aromatic carbocycles. The first-order valence-electron chi connectivity index (χ1n) is 4.42. The molecule has 0 aliphatic heterocycles. The molecule has 0 radical (unpaired) electrons. The van der Waals surface area contributed by atoms with Gasteiger partial charge in [0, 0.05) is 18.3 Å². The lowest BCUT2D eigenvalue weighted by Crippen LogP contribution is -1.90. The smallest absolute Gasteiger partial charge is 0.0222 e. The van der Waals surface area contributed by atoms with Gasteiger partial charge >= 0.3 is 0 Å². The second-order valence-corrected chi connectivity index (χ2v) is 3.09. The van der Waals surface area contributed by atoms with E-state index in [4.69, 9.17) is 0 Å². The van der Waals surface area contributed by atoms with Crippen molar-refractivity contribution in [3.05, 3.63) is 47.8 Å². The fourth-order valence-electron chi connectivity index (χ4n) is 1.66. The number of aryl methyl sites for hydroxylation is 1. The summed E-state index contributed by atoms with van der Waals surface area (Å²) in [6, 6.07) is 0. The van der Waals surface area contributed by atoms with Crippen LogP contribution in [0.15, 0.2) is 36.7 Å². The van der Waals surface area contributed by atoms with Crippen molar-refractivity contribution in [1.82, 2.24) is 4.98 Å². The summed E-state index contributed by atoms with van der Waals surface area (Å²) >= 11 is 0. The Morgan fingerprint density at radius 1 is 1.25 bits per heavy atom. The zero-order valence-electron chi connectivity index (χ0n) is 7.25. The summed E-state index contributed by atoms with van der Waals surface area (Å²) in [5.41, 5.74) is 2.85. The number of allylic oxidation sites excluding steroid dienone is 4. The molecule has 1 aliphatic carbocycles. The molecule has 0 saturated carbocycles. The first-order valence-corrected chi connectivity index (χ1v) is 4.42. The van der Waals surface area contributed by atoms with Crippen LogP contribution in [0.5, 0.6) is 0 Å². The van der Waals surface area contributed by atoms with Crippen LogP contribution in [0.4, 0.5) is 0 Å². The van der Waals surface area contributed by atoms with E-state index in [-0.39, 0.29) is 0 Å². The van der Waals surface area contributed by atoms with Crippen LogP contribution in [0, 0.1) is 0 Å². The molecule has 0 bridgehead atoms. The van der Waals surface area contributed by atoms with E-state index >= 15 is 0 Å². The fourth-order valence-corrected chi connectivity index (χ4v) is 1.66. The molecule has 0 saturated heterocycles. The Morgan fingerprint density at radius 2 is 2.00 bits per heavy atom. The van der Waals surface area contributed by atoms with Crippen LogP contribution in [-0.4, -0.2) is 4.98 Å². The van der Waals surface area contributed by atoms with Gasteiger partial charge in [0.25, 0.3) is 0 Å². The number of H-pyrrole nitrogens is 1. The van der Waals surface area contributed by atoms with E-state index in [1.54, 1.807) is 0 Å². The van der Waals surface area contributed by atoms with Crippen molar-refractivity contribution in [2.75, 3.05) is 0 Å². The van der Waals surface area contributed by atoms with Gasteiger partial charge in [-0.05, 0) is 17.5 Å². The van der Waals surface area contributed by atoms with Gasteiger partial charge in [0.2, 0.25) is 0 Å². The highest BCUT2D eigenvalue weighted by Crippen LogP contribution is 2.25. The predicted octanol–water partition coefficient (Wildman–Crippen LogP) is 2.79. The van der Waals surface area contributed by atoms with Gasteiger partial charge in [0.1, 0.15) is 0 Å². The maximum atomic E-state index is 3.16. The summed E-state index contributed by atoms with van der Waals surface area (Å²) in [5.74, 6) is 0.506. The van der Waals surface area contributed by atoms with E-state index < -0.39 is 0 Å². The molecule has 1 N–H and O–H groups in total. The molecule has 0 amide bonds. The van der Waals surface area contributed by atoms with E-state index in [9.17, 15) is 0 Å². The van der Waals surface area contributed by atoms with Crippen LogP contribution >= 0.6 is 0 Å². The minimum atomic E-state index is 0.506. The van der Waals surface area contributed by atoms with Crippen LogP contribution in [0.1, 0.15) is 24.0 Å². The van der Waals surface area contributed by atoms with Gasteiger partial charge in [0.05, 0.1) is 0 Å². The van der Waals surface area contributed by atoms with Crippen LogP contribution in [0.3, 0.4) is 0 Å². The van der Waals surface area contributed by atoms with E-state index in [0.717, 1.165) is 6.42 Å². The van der Waals surface area contributed by atoms with E-state index in [0.29, 0.717) is 5.92 Å². The molecule has 1 heterocycles. The minimum Gasteiger partial charge on any atom is -0.367 e. The minimum absolute atomic E-state index is 0.506. The Bertz CT molecular complexity index is 306. The molecule has 0 fully saturated rings. The van der Waals surface area contributed by atoms with Crippen molar-refractivity contribution in [2.45, 2.75) is 19.3 Å². The van der Waals surface area contributed by atoms with Crippen LogP contribution in [0.2, 0.25) is 0 Å². The Morgan fingerprint density at radius 3 is 2.67 bits per heavy atom. The largest absolute Gasteiger partial charge is 0.367 e. The zero-order chi connectivity index (χ0) is 8.39. The molecule has 62 valence electrons. The number of hydrogen-bond donors (Lipinski definition) is 1. The second kappa shape index (κ2) is 3.02. The molecule has 1 aliphatic rings. The van der Waals surface area contributed by atoms with Crippen molar-refractivity contribution in [3.8, 4) is 0 Å². The van der Waals surface area contributed by atoms with Crippen molar-refractivity contribution in [1.29, 1.82) is 0 Å². The first kappa shape index (κ1) is 7.41. The maximum Gasteiger partial charge on any atom is 0.0222 e. The van der Waals surface area contributed by atoms with Gasteiger partial charge in [-0.15, -0.1) is 0 Å². The first-order chi connectivity index (χ1) is 5.92. The molecular weight excluding hydrogens is 146 g/mol. The summed E-state index contributed by atoms with van der Waals surface area (Å²) in [6.45, 7) is 2.19. The molecule has 1 nitrogen and oxygen atoms in total. The Hall–Kier alpha value is -1.24. The number of hydrogen-bond acceptors (Lipinski definition) is 0. The average molecular weight is 159 g/mol. The normalized spacial score (nSPS) is 16.1. The lowest BCUT2D eigenvalue weighted by molar-refractivity contribution is 1.03. The molecule has 2 rings (SSSR count). The summed E-state index contributed by atoms with van der Waals surface area (Å²) < 4.78 is 0. The van der Waals surface area contributed by atoms with Gasteiger partial charge in [-0.1, -0.05) is 31.2 Å². The fraction of sp³-hybridized carbons (Fsp3) is 0.273. The third kappa shape index (κ3) is 1.11. The molecule has 1 aromatic heterocycles. The summed E-state index contributed by atoms with van der Waals surface area (Å²) in [7, 11) is 0. The number of aromatic nitrogens is 1. The summed E-state index contributed by atoms with van der Waals surface area (Å²) in [6.07, 6.45) is 14.0. The molecule has 0 unspecified atom stereocenters. The topological polar surface area (TPSA) is 15.8 Å². The van der Waals surface area contributed by atoms with E-state index in [1.807, 2.05) is 0 Å². The van der Waals surface area contributed by atoms with Crippen molar-refractivity contribution in [2.24, 2.45) is 0 Å². The third-order valence-corrected chi connectivity index (χ3v) is 2.36. The van der Waals surface area contributed by atoms with E-state index in [1.165, 1.54) is 11.1 Å². The highest BCUT2D eigenvalue weighted by Gasteiger charge is 2.10. The highest BCUT2D eigenvalue weighted by atomic mass is 14.6. The molecule has 1 heteroatoms. The van der Waals surface area contributed by atoms with Crippen molar-refractivity contribution >= 4 is 0 Å². The Kier molecular flexibility index (Phi) is 1.86. The molecule has 0 atom stereocenters. The van der Waals surface area contributed by atoms with Crippen molar-refractivity contribution in [3.63, 3.8) is 0 Å². The van der Waals surface area contributed by atoms with Crippen molar-refractivity contribution < 1.29 is 0 Å². The number of nitrogens with one attached hydrogen (secondary N) is 1. The predicted molar refractivity (Wildman–Crippen MR) is 51.2 cm³/mol. The average Bonchev–Trinajstić information content (AvgIpc) is 2.74. The second-order valence-electron chi connectivity index (χ2n) is 3.09. The Labute approximate surface area is 72.8 Å². The van der Waals surface area contributed by atoms with Crippen LogP contribution in [0.25, 0.3) is 0 Å². The van der Waals surface area contributed by atoms with Gasteiger partial charge < -0.3 is 4.98 Å². The highest BCUT2D eigenvalue weighted by molar-refractivity contribution is 5.38. The lowest BCUT2D eigenvalue weighted by atomic mass is 9.99. The van der Waals surface area contributed by atoms with Gasteiger partial charge in [0.15, 0.2) is 0 Å².